The van der Waals surface area contributed by atoms with Crippen LogP contribution in [0.15, 0.2) is 24.3 Å². The molecule has 0 saturated heterocycles. The maximum atomic E-state index is 13.1. The first-order valence-electron chi connectivity index (χ1n) is 7.34. The standard InChI is InChI=1S/C16H22FNO2/c1-2-3-7-15(16(19)20)18-14-9-12(10-14)11-5-4-6-13(17)8-11/h4-6,8,12,14-15,18H,2-3,7,9-10H2,1H3,(H,19,20). The van der Waals surface area contributed by atoms with E-state index in [2.05, 4.69) is 12.2 Å². The molecule has 4 heteroatoms. The van der Waals surface area contributed by atoms with E-state index in [9.17, 15) is 14.3 Å². The van der Waals surface area contributed by atoms with Crippen molar-refractivity contribution in [3.63, 3.8) is 0 Å². The van der Waals surface area contributed by atoms with E-state index in [-0.39, 0.29) is 11.9 Å². The molecular formula is C16H22FNO2. The van der Waals surface area contributed by atoms with E-state index in [4.69, 9.17) is 0 Å². The van der Waals surface area contributed by atoms with Gasteiger partial charge in [0.1, 0.15) is 11.9 Å². The molecule has 0 amide bonds. The third kappa shape index (κ3) is 3.79. The van der Waals surface area contributed by atoms with Gasteiger partial charge in [0, 0.05) is 6.04 Å². The van der Waals surface area contributed by atoms with Gasteiger partial charge in [0.25, 0.3) is 0 Å². The second-order valence-electron chi connectivity index (χ2n) is 5.62. The number of unbranched alkanes of at least 4 members (excludes halogenated alkanes) is 1. The normalized spacial score (nSPS) is 23.1. The number of benzene rings is 1. The van der Waals surface area contributed by atoms with Gasteiger partial charge in [-0.15, -0.1) is 0 Å². The summed E-state index contributed by atoms with van der Waals surface area (Å²) in [4.78, 5) is 11.2. The summed E-state index contributed by atoms with van der Waals surface area (Å²) in [5, 5.41) is 12.4. The SMILES string of the molecule is CCCCC(NC1CC(c2cccc(F)c2)C1)C(=O)O. The van der Waals surface area contributed by atoms with Gasteiger partial charge in [-0.3, -0.25) is 4.79 Å². The molecule has 3 nitrogen and oxygen atoms in total. The van der Waals surface area contributed by atoms with Gasteiger partial charge in [-0.1, -0.05) is 31.9 Å². The Labute approximate surface area is 119 Å². The summed E-state index contributed by atoms with van der Waals surface area (Å²) in [5.41, 5.74) is 1.02. The van der Waals surface area contributed by atoms with Crippen LogP contribution in [0.1, 0.15) is 50.5 Å². The summed E-state index contributed by atoms with van der Waals surface area (Å²) >= 11 is 0. The Balaban J connectivity index is 1.82. The predicted octanol–water partition coefficient (Wildman–Crippen LogP) is 3.30. The number of aliphatic carboxylic acids is 1. The molecule has 1 aliphatic rings. The first-order chi connectivity index (χ1) is 9.60. The average molecular weight is 279 g/mol. The van der Waals surface area contributed by atoms with Crippen molar-refractivity contribution in [2.75, 3.05) is 0 Å². The molecule has 1 aromatic carbocycles. The van der Waals surface area contributed by atoms with Crippen LogP contribution in [0.2, 0.25) is 0 Å². The molecule has 0 aromatic heterocycles. The zero-order valence-corrected chi connectivity index (χ0v) is 11.8. The van der Waals surface area contributed by atoms with Gasteiger partial charge < -0.3 is 10.4 Å². The Morgan fingerprint density at radius 1 is 1.50 bits per heavy atom. The molecule has 0 bridgehead atoms. The fourth-order valence-corrected chi connectivity index (χ4v) is 2.76. The van der Waals surface area contributed by atoms with E-state index in [0.717, 1.165) is 31.2 Å². The Morgan fingerprint density at radius 3 is 2.85 bits per heavy atom. The van der Waals surface area contributed by atoms with Gasteiger partial charge in [0.05, 0.1) is 0 Å². The number of hydrogen-bond donors (Lipinski definition) is 2. The number of rotatable bonds is 7. The largest absolute Gasteiger partial charge is 0.480 e. The van der Waals surface area contributed by atoms with Crippen molar-refractivity contribution in [2.45, 2.75) is 57.0 Å². The number of carbonyl (C=O) groups is 1. The minimum atomic E-state index is -0.771. The summed E-state index contributed by atoms with van der Waals surface area (Å²) < 4.78 is 13.1. The van der Waals surface area contributed by atoms with Crippen molar-refractivity contribution in [2.24, 2.45) is 0 Å². The summed E-state index contributed by atoms with van der Waals surface area (Å²) in [7, 11) is 0. The lowest BCUT2D eigenvalue weighted by molar-refractivity contribution is -0.140. The van der Waals surface area contributed by atoms with Crippen molar-refractivity contribution in [1.82, 2.24) is 5.32 Å². The molecule has 20 heavy (non-hydrogen) atoms. The minimum Gasteiger partial charge on any atom is -0.480 e. The predicted molar refractivity (Wildman–Crippen MR) is 76.2 cm³/mol. The fraction of sp³-hybridized carbons (Fsp3) is 0.562. The number of carboxylic acids is 1. The molecule has 2 N–H and O–H groups in total. The molecule has 0 radical (unpaired) electrons. The minimum absolute atomic E-state index is 0.203. The van der Waals surface area contributed by atoms with Gasteiger partial charge in [-0.25, -0.2) is 4.39 Å². The molecule has 1 aliphatic carbocycles. The Morgan fingerprint density at radius 2 is 2.25 bits per heavy atom. The van der Waals surface area contributed by atoms with Gasteiger partial charge in [-0.2, -0.15) is 0 Å². The van der Waals surface area contributed by atoms with Crippen LogP contribution >= 0.6 is 0 Å². The molecule has 1 aromatic rings. The Kier molecular flexibility index (Phi) is 5.12. The van der Waals surface area contributed by atoms with Crippen LogP contribution in [0.3, 0.4) is 0 Å². The highest BCUT2D eigenvalue weighted by Gasteiger charge is 2.33. The maximum absolute atomic E-state index is 13.1. The van der Waals surface area contributed by atoms with Gasteiger partial charge in [0.2, 0.25) is 0 Å². The summed E-state index contributed by atoms with van der Waals surface area (Å²) in [5.74, 6) is -0.623. The van der Waals surface area contributed by atoms with E-state index in [1.165, 1.54) is 6.07 Å². The first-order valence-corrected chi connectivity index (χ1v) is 7.34. The quantitative estimate of drug-likeness (QED) is 0.805. The lowest BCUT2D eigenvalue weighted by Gasteiger charge is -2.38. The second-order valence-corrected chi connectivity index (χ2v) is 5.62. The molecule has 1 unspecified atom stereocenters. The van der Waals surface area contributed by atoms with Crippen LogP contribution in [0, 0.1) is 5.82 Å². The summed E-state index contributed by atoms with van der Waals surface area (Å²) in [6.07, 6.45) is 4.37. The van der Waals surface area contributed by atoms with E-state index in [0.29, 0.717) is 12.3 Å². The number of hydrogen-bond acceptors (Lipinski definition) is 2. The molecule has 110 valence electrons. The third-order valence-electron chi connectivity index (χ3n) is 4.04. The summed E-state index contributed by atoms with van der Waals surface area (Å²) in [6, 6.07) is 6.48. The average Bonchev–Trinajstić information content (AvgIpc) is 2.36. The van der Waals surface area contributed by atoms with Crippen molar-refractivity contribution in [3.05, 3.63) is 35.6 Å². The smallest absolute Gasteiger partial charge is 0.320 e. The highest BCUT2D eigenvalue weighted by molar-refractivity contribution is 5.73. The number of nitrogens with one attached hydrogen (secondary N) is 1. The highest BCUT2D eigenvalue weighted by Crippen LogP contribution is 2.37. The Hall–Kier alpha value is -1.42. The number of halogens is 1. The van der Waals surface area contributed by atoms with E-state index < -0.39 is 12.0 Å². The molecule has 0 aliphatic heterocycles. The van der Waals surface area contributed by atoms with Crippen LogP contribution < -0.4 is 5.32 Å². The van der Waals surface area contributed by atoms with Gasteiger partial charge in [-0.05, 0) is 42.9 Å². The molecule has 1 saturated carbocycles. The van der Waals surface area contributed by atoms with Crippen molar-refractivity contribution in [3.8, 4) is 0 Å². The van der Waals surface area contributed by atoms with Gasteiger partial charge >= 0.3 is 5.97 Å². The Bertz CT molecular complexity index is 458. The van der Waals surface area contributed by atoms with E-state index in [1.807, 2.05) is 6.07 Å². The highest BCUT2D eigenvalue weighted by atomic mass is 19.1. The van der Waals surface area contributed by atoms with Gasteiger partial charge in [0.15, 0.2) is 0 Å². The molecular weight excluding hydrogens is 257 g/mol. The van der Waals surface area contributed by atoms with E-state index in [1.54, 1.807) is 12.1 Å². The van der Waals surface area contributed by atoms with Crippen LogP contribution in [-0.4, -0.2) is 23.2 Å². The monoisotopic (exact) mass is 279 g/mol. The molecule has 0 spiro atoms. The topological polar surface area (TPSA) is 49.3 Å². The lowest BCUT2D eigenvalue weighted by atomic mass is 9.75. The van der Waals surface area contributed by atoms with Crippen molar-refractivity contribution < 1.29 is 14.3 Å². The van der Waals surface area contributed by atoms with Crippen molar-refractivity contribution >= 4 is 5.97 Å². The number of carboxylic acid groups (broad SMARTS) is 1. The molecule has 1 fully saturated rings. The first kappa shape index (κ1) is 15.0. The van der Waals surface area contributed by atoms with E-state index >= 15 is 0 Å². The van der Waals surface area contributed by atoms with Crippen LogP contribution in [0.25, 0.3) is 0 Å². The molecule has 0 heterocycles. The maximum Gasteiger partial charge on any atom is 0.320 e. The lowest BCUT2D eigenvalue weighted by Crippen LogP contribution is -2.48. The molecule has 1 atom stereocenters. The van der Waals surface area contributed by atoms with Crippen LogP contribution in [0.4, 0.5) is 4.39 Å². The fourth-order valence-electron chi connectivity index (χ4n) is 2.76. The zero-order chi connectivity index (χ0) is 14.5. The summed E-state index contributed by atoms with van der Waals surface area (Å²) in [6.45, 7) is 2.06. The second kappa shape index (κ2) is 6.84. The molecule has 2 rings (SSSR count). The van der Waals surface area contributed by atoms with Crippen LogP contribution in [-0.2, 0) is 4.79 Å². The zero-order valence-electron chi connectivity index (χ0n) is 11.8. The van der Waals surface area contributed by atoms with Crippen molar-refractivity contribution in [1.29, 1.82) is 0 Å². The third-order valence-corrected chi connectivity index (χ3v) is 4.04. The van der Waals surface area contributed by atoms with Crippen LogP contribution in [0.5, 0.6) is 0 Å².